The topological polar surface area (TPSA) is 29.9 Å². The molecule has 17 heavy (non-hydrogen) atoms. The van der Waals surface area contributed by atoms with E-state index in [9.17, 15) is 0 Å². The molecule has 0 aliphatic carbocycles. The zero-order valence-corrected chi connectivity index (χ0v) is 10.8. The molecular formula is C12H11Cl2N3. The number of fused-ring (bicyclic) bond motifs is 1. The number of aromatic nitrogens is 2. The van der Waals surface area contributed by atoms with Crippen LogP contribution in [0.5, 0.6) is 0 Å². The van der Waals surface area contributed by atoms with E-state index in [-0.39, 0.29) is 0 Å². The van der Waals surface area contributed by atoms with E-state index in [4.69, 9.17) is 23.2 Å². The van der Waals surface area contributed by atoms with E-state index in [0.717, 1.165) is 30.0 Å². The molecule has 3 rings (SSSR count). The van der Waals surface area contributed by atoms with Gasteiger partial charge in [-0.05, 0) is 12.5 Å². The number of aryl methyl sites for hydroxylation is 1. The second-order valence-corrected chi connectivity index (χ2v) is 4.86. The minimum atomic E-state index is 0.564. The van der Waals surface area contributed by atoms with Gasteiger partial charge in [0.1, 0.15) is 5.82 Å². The summed E-state index contributed by atoms with van der Waals surface area (Å²) in [6, 6.07) is 5.64. The zero-order chi connectivity index (χ0) is 12.0. The molecule has 0 saturated heterocycles. The van der Waals surface area contributed by atoms with Gasteiger partial charge in [-0.25, -0.2) is 0 Å². The molecule has 0 fully saturated rings. The van der Waals surface area contributed by atoms with Gasteiger partial charge in [-0.1, -0.05) is 35.3 Å². The molecule has 1 aliphatic rings. The first kappa shape index (κ1) is 10.9. The lowest BCUT2D eigenvalue weighted by Gasteiger charge is -2.04. The molecule has 2 heterocycles. The first-order valence-corrected chi connectivity index (χ1v) is 6.18. The fourth-order valence-corrected chi connectivity index (χ4v) is 2.62. The normalized spacial score (nSPS) is 13.6. The quantitative estimate of drug-likeness (QED) is 0.859. The Balaban J connectivity index is 2.23. The van der Waals surface area contributed by atoms with Gasteiger partial charge >= 0.3 is 0 Å². The maximum atomic E-state index is 6.24. The van der Waals surface area contributed by atoms with E-state index in [1.807, 2.05) is 23.9 Å². The van der Waals surface area contributed by atoms with Crippen LogP contribution in [-0.4, -0.2) is 16.3 Å². The van der Waals surface area contributed by atoms with E-state index in [1.54, 1.807) is 6.07 Å². The Morgan fingerprint density at radius 2 is 2.18 bits per heavy atom. The molecule has 0 atom stereocenters. The number of halogens is 2. The monoisotopic (exact) mass is 267 g/mol. The third-order valence-electron chi connectivity index (χ3n) is 3.02. The van der Waals surface area contributed by atoms with Crippen molar-refractivity contribution in [2.75, 3.05) is 11.9 Å². The van der Waals surface area contributed by atoms with Crippen LogP contribution in [0.2, 0.25) is 10.0 Å². The Hall–Kier alpha value is -1.19. The second kappa shape index (κ2) is 3.93. The third kappa shape index (κ3) is 1.61. The van der Waals surface area contributed by atoms with Crippen LogP contribution in [0.1, 0.15) is 5.56 Å². The number of rotatable bonds is 1. The summed E-state index contributed by atoms with van der Waals surface area (Å²) >= 11 is 12.3. The lowest BCUT2D eigenvalue weighted by molar-refractivity contribution is 0.775. The molecule has 0 unspecified atom stereocenters. The van der Waals surface area contributed by atoms with E-state index < -0.39 is 0 Å². The number of nitrogens with one attached hydrogen (secondary N) is 1. The minimum absolute atomic E-state index is 0.564. The summed E-state index contributed by atoms with van der Waals surface area (Å²) in [5, 5.41) is 8.97. The maximum absolute atomic E-state index is 6.24. The van der Waals surface area contributed by atoms with Crippen molar-refractivity contribution in [2.45, 2.75) is 6.42 Å². The smallest absolute Gasteiger partial charge is 0.127 e. The van der Waals surface area contributed by atoms with Crippen molar-refractivity contribution in [2.24, 2.45) is 7.05 Å². The highest BCUT2D eigenvalue weighted by molar-refractivity contribution is 6.43. The highest BCUT2D eigenvalue weighted by atomic mass is 35.5. The summed E-state index contributed by atoms with van der Waals surface area (Å²) < 4.78 is 1.86. The molecule has 0 bridgehead atoms. The van der Waals surface area contributed by atoms with Crippen molar-refractivity contribution in [3.8, 4) is 11.3 Å². The average molecular weight is 268 g/mol. The summed E-state index contributed by atoms with van der Waals surface area (Å²) in [6.45, 7) is 0.951. The van der Waals surface area contributed by atoms with Crippen molar-refractivity contribution in [1.82, 2.24) is 9.78 Å². The van der Waals surface area contributed by atoms with Gasteiger partial charge in [-0.15, -0.1) is 0 Å². The predicted molar refractivity (Wildman–Crippen MR) is 70.9 cm³/mol. The van der Waals surface area contributed by atoms with Gasteiger partial charge in [0.2, 0.25) is 0 Å². The Kier molecular flexibility index (Phi) is 2.53. The Morgan fingerprint density at radius 3 is 3.00 bits per heavy atom. The molecule has 88 valence electrons. The minimum Gasteiger partial charge on any atom is -0.370 e. The number of hydrogen-bond donors (Lipinski definition) is 1. The molecule has 1 aromatic carbocycles. The van der Waals surface area contributed by atoms with Crippen molar-refractivity contribution < 1.29 is 0 Å². The summed E-state index contributed by atoms with van der Waals surface area (Å²) in [5.74, 6) is 1.08. The fourth-order valence-electron chi connectivity index (χ4n) is 2.23. The standard InChI is InChI=1S/C12H11Cl2N3/c1-17-12-8(5-6-15-12)11(16-17)7-3-2-4-9(13)10(7)14/h2-4,15H,5-6H2,1H3. The van der Waals surface area contributed by atoms with Crippen molar-refractivity contribution in [3.63, 3.8) is 0 Å². The fraction of sp³-hybridized carbons (Fsp3) is 0.250. The first-order valence-electron chi connectivity index (χ1n) is 5.42. The van der Waals surface area contributed by atoms with Gasteiger partial charge in [0.05, 0.1) is 15.7 Å². The number of anilines is 1. The maximum Gasteiger partial charge on any atom is 0.127 e. The molecule has 3 nitrogen and oxygen atoms in total. The summed E-state index contributed by atoms with van der Waals surface area (Å²) in [7, 11) is 1.93. The zero-order valence-electron chi connectivity index (χ0n) is 9.30. The first-order chi connectivity index (χ1) is 8.18. The van der Waals surface area contributed by atoms with Crippen LogP contribution in [0.3, 0.4) is 0 Å². The molecular weight excluding hydrogens is 257 g/mol. The highest BCUT2D eigenvalue weighted by Gasteiger charge is 2.23. The van der Waals surface area contributed by atoms with Crippen LogP contribution >= 0.6 is 23.2 Å². The van der Waals surface area contributed by atoms with E-state index in [0.29, 0.717) is 10.0 Å². The van der Waals surface area contributed by atoms with E-state index in [1.165, 1.54) is 5.56 Å². The summed E-state index contributed by atoms with van der Waals surface area (Å²) in [4.78, 5) is 0. The van der Waals surface area contributed by atoms with Gasteiger partial charge in [-0.2, -0.15) is 5.10 Å². The molecule has 1 N–H and O–H groups in total. The SMILES string of the molecule is Cn1nc(-c2cccc(Cl)c2Cl)c2c1NCC2. The average Bonchev–Trinajstić information content (AvgIpc) is 2.87. The second-order valence-electron chi connectivity index (χ2n) is 4.08. The molecule has 0 radical (unpaired) electrons. The summed E-state index contributed by atoms with van der Waals surface area (Å²) in [5.41, 5.74) is 3.05. The van der Waals surface area contributed by atoms with Crippen LogP contribution in [-0.2, 0) is 13.5 Å². The van der Waals surface area contributed by atoms with Gasteiger partial charge in [0.15, 0.2) is 0 Å². The van der Waals surface area contributed by atoms with E-state index in [2.05, 4.69) is 10.4 Å². The Morgan fingerprint density at radius 1 is 1.35 bits per heavy atom. The van der Waals surface area contributed by atoms with Gasteiger partial charge in [0, 0.05) is 24.7 Å². The van der Waals surface area contributed by atoms with Crippen LogP contribution in [0.25, 0.3) is 11.3 Å². The lowest BCUT2D eigenvalue weighted by Crippen LogP contribution is -2.01. The molecule has 0 amide bonds. The van der Waals surface area contributed by atoms with Gasteiger partial charge < -0.3 is 5.32 Å². The number of nitrogens with zero attached hydrogens (tertiary/aromatic N) is 2. The van der Waals surface area contributed by atoms with Gasteiger partial charge in [0.25, 0.3) is 0 Å². The van der Waals surface area contributed by atoms with Crippen LogP contribution in [0.4, 0.5) is 5.82 Å². The van der Waals surface area contributed by atoms with Crippen LogP contribution in [0.15, 0.2) is 18.2 Å². The molecule has 0 saturated carbocycles. The number of benzene rings is 1. The lowest BCUT2D eigenvalue weighted by atomic mass is 10.1. The van der Waals surface area contributed by atoms with Gasteiger partial charge in [-0.3, -0.25) is 4.68 Å². The largest absolute Gasteiger partial charge is 0.370 e. The Labute approximate surface area is 109 Å². The highest BCUT2D eigenvalue weighted by Crippen LogP contribution is 2.38. The predicted octanol–water partition coefficient (Wildman–Crippen LogP) is 3.36. The molecule has 1 aliphatic heterocycles. The molecule has 1 aromatic heterocycles. The summed E-state index contributed by atoms with van der Waals surface area (Å²) in [6.07, 6.45) is 0.974. The Bertz CT molecular complexity index is 590. The van der Waals surface area contributed by atoms with Crippen molar-refractivity contribution in [1.29, 1.82) is 0 Å². The van der Waals surface area contributed by atoms with Crippen molar-refractivity contribution in [3.05, 3.63) is 33.8 Å². The third-order valence-corrected chi connectivity index (χ3v) is 3.84. The van der Waals surface area contributed by atoms with Crippen LogP contribution in [0, 0.1) is 0 Å². The van der Waals surface area contributed by atoms with Crippen molar-refractivity contribution >= 4 is 29.0 Å². The molecule has 2 aromatic rings. The number of hydrogen-bond acceptors (Lipinski definition) is 2. The van der Waals surface area contributed by atoms with Crippen LogP contribution < -0.4 is 5.32 Å². The molecule has 5 heteroatoms. The van der Waals surface area contributed by atoms with E-state index >= 15 is 0 Å². The molecule has 0 spiro atoms.